The summed E-state index contributed by atoms with van der Waals surface area (Å²) in [6.45, 7) is 1.62. The molecule has 3 N–H and O–H groups in total. The van der Waals surface area contributed by atoms with Crippen molar-refractivity contribution in [2.75, 3.05) is 19.7 Å². The predicted molar refractivity (Wildman–Crippen MR) is 73.2 cm³/mol. The van der Waals surface area contributed by atoms with Crippen LogP contribution in [0.15, 0.2) is 0 Å². The van der Waals surface area contributed by atoms with Crippen LogP contribution in [0.4, 0.5) is 0 Å². The summed E-state index contributed by atoms with van der Waals surface area (Å²) in [5.74, 6) is -0.692. The van der Waals surface area contributed by atoms with Crippen LogP contribution in [0.25, 0.3) is 0 Å². The van der Waals surface area contributed by atoms with Gasteiger partial charge >= 0.3 is 5.97 Å². The van der Waals surface area contributed by atoms with Crippen molar-refractivity contribution in [3.8, 4) is 0 Å². The smallest absolute Gasteiger partial charge is 0.305 e. The van der Waals surface area contributed by atoms with Crippen LogP contribution in [0.3, 0.4) is 0 Å². The number of rotatable bonds is 6. The van der Waals surface area contributed by atoms with Crippen molar-refractivity contribution in [2.24, 2.45) is 5.73 Å². The second-order valence-corrected chi connectivity index (χ2v) is 5.99. The topological polar surface area (TPSA) is 92.9 Å². The Labute approximate surface area is 119 Å². The molecule has 0 unspecified atom stereocenters. The average molecular weight is 284 g/mol. The fourth-order valence-corrected chi connectivity index (χ4v) is 2.81. The van der Waals surface area contributed by atoms with E-state index in [0.717, 1.165) is 32.1 Å². The van der Waals surface area contributed by atoms with Crippen molar-refractivity contribution < 1.29 is 19.4 Å². The Kier molecular flexibility index (Phi) is 4.99. The maximum atomic E-state index is 12.1. The van der Waals surface area contributed by atoms with Crippen LogP contribution in [0, 0.1) is 0 Å². The van der Waals surface area contributed by atoms with Gasteiger partial charge in [-0.05, 0) is 32.1 Å². The zero-order valence-corrected chi connectivity index (χ0v) is 11.8. The summed E-state index contributed by atoms with van der Waals surface area (Å²) < 4.78 is 5.51. The van der Waals surface area contributed by atoms with Crippen LogP contribution in [-0.2, 0) is 14.3 Å². The molecule has 1 saturated carbocycles. The molecule has 6 nitrogen and oxygen atoms in total. The minimum absolute atomic E-state index is 0.0365. The van der Waals surface area contributed by atoms with Crippen LogP contribution >= 0.6 is 0 Å². The summed E-state index contributed by atoms with van der Waals surface area (Å²) in [7, 11) is 0. The van der Waals surface area contributed by atoms with Crippen molar-refractivity contribution in [1.29, 1.82) is 0 Å². The molecule has 0 aromatic rings. The maximum absolute atomic E-state index is 12.1. The van der Waals surface area contributed by atoms with Crippen molar-refractivity contribution in [2.45, 2.75) is 56.6 Å². The molecule has 1 saturated heterocycles. The number of carboxylic acids is 1. The zero-order valence-electron chi connectivity index (χ0n) is 11.8. The predicted octanol–water partition coefficient (Wildman–Crippen LogP) is 0.740. The van der Waals surface area contributed by atoms with E-state index in [4.69, 9.17) is 15.6 Å². The highest BCUT2D eigenvalue weighted by atomic mass is 16.5. The van der Waals surface area contributed by atoms with Gasteiger partial charge in [0.1, 0.15) is 0 Å². The molecule has 114 valence electrons. The van der Waals surface area contributed by atoms with Gasteiger partial charge in [-0.25, -0.2) is 0 Å². The van der Waals surface area contributed by atoms with Crippen molar-refractivity contribution in [3.05, 3.63) is 0 Å². The lowest BCUT2D eigenvalue weighted by atomic mass is 9.75. The summed E-state index contributed by atoms with van der Waals surface area (Å²) in [5, 5.41) is 8.55. The van der Waals surface area contributed by atoms with Gasteiger partial charge in [0, 0.05) is 25.0 Å². The van der Waals surface area contributed by atoms with Crippen LogP contribution in [0.1, 0.15) is 44.9 Å². The summed E-state index contributed by atoms with van der Waals surface area (Å²) in [6, 6.07) is 0. The number of piperidine rings is 1. The Bertz CT molecular complexity index is 360. The van der Waals surface area contributed by atoms with Gasteiger partial charge in [-0.2, -0.15) is 0 Å². The lowest BCUT2D eigenvalue weighted by molar-refractivity contribution is -0.139. The average Bonchev–Trinajstić information content (AvgIpc) is 2.37. The number of carboxylic acid groups (broad SMARTS) is 1. The molecule has 0 bridgehead atoms. The summed E-state index contributed by atoms with van der Waals surface area (Å²) in [5.41, 5.74) is 5.85. The number of hydrogen-bond donors (Lipinski definition) is 2. The van der Waals surface area contributed by atoms with Gasteiger partial charge < -0.3 is 20.5 Å². The van der Waals surface area contributed by atoms with E-state index in [1.54, 1.807) is 0 Å². The molecular formula is C14H24N2O4. The number of ether oxygens (including phenoxy) is 1. The fraction of sp³-hybridized carbons (Fsp3) is 0.857. The third-order valence-electron chi connectivity index (χ3n) is 4.32. The number of amides is 1. The molecule has 1 amide bonds. The third kappa shape index (κ3) is 4.18. The lowest BCUT2D eigenvalue weighted by Crippen LogP contribution is -2.51. The molecule has 1 heterocycles. The first-order valence-corrected chi connectivity index (χ1v) is 7.39. The zero-order chi connectivity index (χ0) is 14.6. The van der Waals surface area contributed by atoms with Crippen LogP contribution in [0.2, 0.25) is 0 Å². The largest absolute Gasteiger partial charge is 0.481 e. The number of nitrogens with two attached hydrogens (primary N) is 1. The molecule has 1 aliphatic carbocycles. The van der Waals surface area contributed by atoms with E-state index in [0.29, 0.717) is 19.5 Å². The van der Waals surface area contributed by atoms with Crippen molar-refractivity contribution in [1.82, 2.24) is 4.90 Å². The van der Waals surface area contributed by atoms with Crippen LogP contribution in [-0.4, -0.2) is 53.2 Å². The van der Waals surface area contributed by atoms with E-state index in [1.807, 2.05) is 4.90 Å². The van der Waals surface area contributed by atoms with E-state index >= 15 is 0 Å². The molecular weight excluding hydrogens is 260 g/mol. The molecule has 2 aliphatic rings. The minimum Gasteiger partial charge on any atom is -0.481 e. The highest BCUT2D eigenvalue weighted by molar-refractivity contribution is 5.77. The number of aliphatic carboxylic acids is 1. The van der Waals surface area contributed by atoms with Crippen LogP contribution in [0.5, 0.6) is 0 Å². The molecule has 0 aromatic carbocycles. The second kappa shape index (κ2) is 6.54. The first-order chi connectivity index (χ1) is 9.48. The molecule has 0 atom stereocenters. The summed E-state index contributed by atoms with van der Waals surface area (Å²) >= 11 is 0. The molecule has 2 fully saturated rings. The first kappa shape index (κ1) is 15.3. The van der Waals surface area contributed by atoms with Gasteiger partial charge in [-0.1, -0.05) is 0 Å². The van der Waals surface area contributed by atoms with Gasteiger partial charge in [-0.3, -0.25) is 9.59 Å². The molecule has 1 aliphatic heterocycles. The van der Waals surface area contributed by atoms with Crippen molar-refractivity contribution in [3.63, 3.8) is 0 Å². The Balaban J connectivity index is 1.65. The van der Waals surface area contributed by atoms with E-state index in [9.17, 15) is 9.59 Å². The monoisotopic (exact) mass is 284 g/mol. The van der Waals surface area contributed by atoms with E-state index in [1.165, 1.54) is 0 Å². The van der Waals surface area contributed by atoms with Gasteiger partial charge in [0.25, 0.3) is 0 Å². The molecule has 6 heteroatoms. The SMILES string of the molecule is NC1(CC(=O)N2CCC(OCCC(=O)O)CC2)CCC1. The summed E-state index contributed by atoms with van der Waals surface area (Å²) in [6.07, 6.45) is 5.16. The first-order valence-electron chi connectivity index (χ1n) is 7.39. The molecule has 0 spiro atoms. The van der Waals surface area contributed by atoms with Gasteiger partial charge in [0.2, 0.25) is 5.91 Å². The second-order valence-electron chi connectivity index (χ2n) is 5.99. The quantitative estimate of drug-likeness (QED) is 0.750. The maximum Gasteiger partial charge on any atom is 0.305 e. The normalized spacial score (nSPS) is 22.4. The van der Waals surface area contributed by atoms with E-state index in [2.05, 4.69) is 0 Å². The van der Waals surface area contributed by atoms with Crippen LogP contribution < -0.4 is 5.73 Å². The number of likely N-dealkylation sites (tertiary alicyclic amines) is 1. The number of carbonyl (C=O) groups excluding carboxylic acids is 1. The van der Waals surface area contributed by atoms with Crippen molar-refractivity contribution >= 4 is 11.9 Å². The lowest BCUT2D eigenvalue weighted by Gasteiger charge is -2.40. The number of carbonyl (C=O) groups is 2. The minimum atomic E-state index is -0.841. The Morgan fingerprint density at radius 3 is 2.45 bits per heavy atom. The standard InChI is InChI=1S/C14H24N2O4/c15-14(5-1-6-14)10-12(17)16-7-2-11(3-8-16)20-9-4-13(18)19/h11H,1-10,15H2,(H,18,19). The highest BCUT2D eigenvalue weighted by Gasteiger charge is 2.36. The highest BCUT2D eigenvalue weighted by Crippen LogP contribution is 2.33. The summed E-state index contributed by atoms with van der Waals surface area (Å²) in [4.78, 5) is 24.4. The third-order valence-corrected chi connectivity index (χ3v) is 4.32. The Morgan fingerprint density at radius 1 is 1.30 bits per heavy atom. The molecule has 0 radical (unpaired) electrons. The molecule has 20 heavy (non-hydrogen) atoms. The van der Waals surface area contributed by atoms with E-state index < -0.39 is 5.97 Å². The van der Waals surface area contributed by atoms with Gasteiger partial charge in [0.05, 0.1) is 19.1 Å². The Morgan fingerprint density at radius 2 is 1.95 bits per heavy atom. The number of nitrogens with zero attached hydrogens (tertiary/aromatic N) is 1. The fourth-order valence-electron chi connectivity index (χ4n) is 2.81. The van der Waals surface area contributed by atoms with Gasteiger partial charge in [0.15, 0.2) is 0 Å². The number of hydrogen-bond acceptors (Lipinski definition) is 4. The van der Waals surface area contributed by atoms with Gasteiger partial charge in [-0.15, -0.1) is 0 Å². The molecule has 0 aromatic heterocycles. The van der Waals surface area contributed by atoms with E-state index in [-0.39, 0.29) is 30.6 Å². The Hall–Kier alpha value is -1.14. The molecule has 2 rings (SSSR count).